The topological polar surface area (TPSA) is 382 Å². The van der Waals surface area contributed by atoms with Gasteiger partial charge in [-0.15, -0.1) is 0 Å². The number of nitrogens with zero attached hydrogens (tertiary/aromatic N) is 5. The summed E-state index contributed by atoms with van der Waals surface area (Å²) in [6, 6.07) is 17.4. The molecule has 4 atom stereocenters. The summed E-state index contributed by atoms with van der Waals surface area (Å²) in [6.07, 6.45) is 1.17. The van der Waals surface area contributed by atoms with Gasteiger partial charge in [0.05, 0.1) is 4.92 Å². The summed E-state index contributed by atoms with van der Waals surface area (Å²) in [7, 11) is 0. The van der Waals surface area contributed by atoms with Gasteiger partial charge in [-0.3, -0.25) is 38.9 Å². The summed E-state index contributed by atoms with van der Waals surface area (Å²) in [5, 5.41) is 57.8. The normalized spacial score (nSPS) is 12.2. The molecular weight excluding hydrogens is 979 g/mol. The number of hydrogen-bond acceptors (Lipinski definition) is 12. The number of azide groups is 1. The molecule has 25 heteroatoms. The molecule has 0 aliphatic carbocycles. The Hall–Kier alpha value is -8.60. The molecule has 0 bridgehead atoms. The Morgan fingerprint density at radius 3 is 1.73 bits per heavy atom. The standard InChI is InChI=1S/C50H65N11O14/c51-59-54-29-12-28-53-46(67)40(31-34-13-4-1-5-14-34)56-47(68)41(32-35-15-6-2-7-16-35)55-43(63)25-24-42(62)52-27-10-3-8-18-44(64)60(33-36-19-21-37(22-20-36)61(74)75)30-11-9-17-38(48(69)70)57-50(73)58-39(49(71)72)23-26-45(65)66/h1-2,4-7,13-16,19-22,38-41H,3,8-12,17-18,23-33H2,(H,52,62)(H,53,67)(H,55,63)(H,56,68)(H,65,66)(H,69,70)(H,71,72)(H2,57,58,73)/t38-,39-,40-,41-/m0/s1. The lowest BCUT2D eigenvalue weighted by atomic mass is 10.0. The molecule has 0 fully saturated rings. The van der Waals surface area contributed by atoms with Gasteiger partial charge in [0, 0.05) is 88.3 Å². The maximum absolute atomic E-state index is 13.8. The lowest BCUT2D eigenvalue weighted by Crippen LogP contribution is -2.55. The first-order valence-electron chi connectivity index (χ1n) is 24.4. The fourth-order valence-corrected chi connectivity index (χ4v) is 7.49. The molecule has 7 amide bonds. The van der Waals surface area contributed by atoms with Crippen LogP contribution < -0.4 is 31.9 Å². The van der Waals surface area contributed by atoms with Gasteiger partial charge in [-0.05, 0) is 67.2 Å². The molecule has 25 nitrogen and oxygen atoms in total. The molecule has 404 valence electrons. The average molecular weight is 1040 g/mol. The second-order valence-electron chi connectivity index (χ2n) is 17.4. The number of carboxylic acids is 3. The number of nitro groups is 1. The minimum absolute atomic E-state index is 0.0856. The summed E-state index contributed by atoms with van der Waals surface area (Å²) in [5.41, 5.74) is 10.5. The van der Waals surface area contributed by atoms with Crippen molar-refractivity contribution in [1.82, 2.24) is 36.8 Å². The van der Waals surface area contributed by atoms with Crippen molar-refractivity contribution < 1.29 is 63.4 Å². The molecule has 0 heterocycles. The van der Waals surface area contributed by atoms with Gasteiger partial charge in [-0.1, -0.05) is 84.3 Å². The van der Waals surface area contributed by atoms with Crippen LogP contribution >= 0.6 is 0 Å². The lowest BCUT2D eigenvalue weighted by molar-refractivity contribution is -0.384. The van der Waals surface area contributed by atoms with Gasteiger partial charge < -0.3 is 52.1 Å². The Labute approximate surface area is 432 Å². The van der Waals surface area contributed by atoms with E-state index >= 15 is 0 Å². The lowest BCUT2D eigenvalue weighted by Gasteiger charge is -2.24. The van der Waals surface area contributed by atoms with E-state index in [0.717, 1.165) is 11.1 Å². The number of carbonyl (C=O) groups is 9. The third-order valence-corrected chi connectivity index (χ3v) is 11.5. The Morgan fingerprint density at radius 1 is 0.587 bits per heavy atom. The summed E-state index contributed by atoms with van der Waals surface area (Å²) in [5.74, 6) is -6.49. The molecule has 0 radical (unpaired) electrons. The monoisotopic (exact) mass is 1040 g/mol. The zero-order valence-corrected chi connectivity index (χ0v) is 41.4. The number of nitro benzene ring substituents is 1. The molecule has 3 rings (SSSR count). The number of non-ortho nitro benzene ring substituents is 1. The number of unbranched alkanes of at least 4 members (excludes halogenated alkanes) is 3. The van der Waals surface area contributed by atoms with Crippen LogP contribution in [0.15, 0.2) is 90.0 Å². The van der Waals surface area contributed by atoms with Crippen LogP contribution in [-0.2, 0) is 57.7 Å². The van der Waals surface area contributed by atoms with Crippen molar-refractivity contribution in [2.75, 3.05) is 26.2 Å². The highest BCUT2D eigenvalue weighted by Gasteiger charge is 2.28. The highest BCUT2D eigenvalue weighted by Crippen LogP contribution is 2.16. The molecule has 0 aliphatic rings. The van der Waals surface area contributed by atoms with E-state index < -0.39 is 89.5 Å². The van der Waals surface area contributed by atoms with Gasteiger partial charge in [0.1, 0.15) is 24.2 Å². The number of amides is 7. The van der Waals surface area contributed by atoms with Crippen molar-refractivity contribution in [3.05, 3.63) is 122 Å². The van der Waals surface area contributed by atoms with Crippen molar-refractivity contribution in [3.8, 4) is 0 Å². The summed E-state index contributed by atoms with van der Waals surface area (Å²) in [6.45, 7) is 0.863. The Kier molecular flexibility index (Phi) is 27.5. The second-order valence-corrected chi connectivity index (χ2v) is 17.4. The highest BCUT2D eigenvalue weighted by atomic mass is 16.6. The van der Waals surface area contributed by atoms with Crippen molar-refractivity contribution in [2.24, 2.45) is 5.11 Å². The zero-order chi connectivity index (χ0) is 55.0. The first-order chi connectivity index (χ1) is 35.9. The van der Waals surface area contributed by atoms with Crippen LogP contribution in [0.3, 0.4) is 0 Å². The van der Waals surface area contributed by atoms with E-state index in [1.165, 1.54) is 29.2 Å². The molecule has 0 aliphatic heterocycles. The van der Waals surface area contributed by atoms with E-state index in [2.05, 4.69) is 41.9 Å². The highest BCUT2D eigenvalue weighted by molar-refractivity contribution is 5.93. The number of hydrogen-bond donors (Lipinski definition) is 9. The molecule has 3 aromatic carbocycles. The third kappa shape index (κ3) is 25.1. The van der Waals surface area contributed by atoms with Gasteiger partial charge in [0.15, 0.2) is 0 Å². The molecule has 3 aromatic rings. The van der Waals surface area contributed by atoms with Crippen molar-refractivity contribution in [3.63, 3.8) is 0 Å². The Bertz CT molecular complexity index is 2420. The van der Waals surface area contributed by atoms with E-state index in [9.17, 15) is 63.5 Å². The minimum atomic E-state index is -1.57. The average Bonchev–Trinajstić information content (AvgIpc) is 3.38. The van der Waals surface area contributed by atoms with Gasteiger partial charge in [0.25, 0.3) is 5.69 Å². The van der Waals surface area contributed by atoms with Crippen LogP contribution in [0.2, 0.25) is 0 Å². The van der Waals surface area contributed by atoms with E-state index in [1.807, 2.05) is 18.2 Å². The van der Waals surface area contributed by atoms with Gasteiger partial charge in [-0.2, -0.15) is 0 Å². The van der Waals surface area contributed by atoms with Crippen molar-refractivity contribution in [2.45, 2.75) is 121 Å². The minimum Gasteiger partial charge on any atom is -0.481 e. The predicted octanol–water partition coefficient (Wildman–Crippen LogP) is 3.89. The number of urea groups is 1. The number of aliphatic carboxylic acids is 3. The smallest absolute Gasteiger partial charge is 0.326 e. The molecule has 0 unspecified atom stereocenters. The predicted molar refractivity (Wildman–Crippen MR) is 270 cm³/mol. The number of carbonyl (C=O) groups excluding carboxylic acids is 6. The van der Waals surface area contributed by atoms with Crippen molar-refractivity contribution >= 4 is 59.2 Å². The zero-order valence-electron chi connectivity index (χ0n) is 41.4. The van der Waals surface area contributed by atoms with Crippen LogP contribution in [0.1, 0.15) is 93.7 Å². The summed E-state index contributed by atoms with van der Waals surface area (Å²) in [4.78, 5) is 128. The molecule has 0 saturated heterocycles. The molecule has 9 N–H and O–H groups in total. The van der Waals surface area contributed by atoms with Crippen LogP contribution in [0.4, 0.5) is 10.5 Å². The second kappa shape index (κ2) is 33.9. The third-order valence-electron chi connectivity index (χ3n) is 11.5. The maximum atomic E-state index is 13.8. The summed E-state index contributed by atoms with van der Waals surface area (Å²) < 4.78 is 0. The first-order valence-corrected chi connectivity index (χ1v) is 24.4. The van der Waals surface area contributed by atoms with Gasteiger partial charge >= 0.3 is 23.9 Å². The fraction of sp³-hybridized carbons (Fsp3) is 0.460. The first kappa shape index (κ1) is 60.7. The van der Waals surface area contributed by atoms with E-state index in [1.54, 1.807) is 42.5 Å². The van der Waals surface area contributed by atoms with E-state index in [4.69, 9.17) is 10.6 Å². The molecule has 0 saturated carbocycles. The number of rotatable bonds is 36. The van der Waals surface area contributed by atoms with E-state index in [0.29, 0.717) is 31.2 Å². The Morgan fingerprint density at radius 2 is 1.16 bits per heavy atom. The van der Waals surface area contributed by atoms with Crippen molar-refractivity contribution in [1.29, 1.82) is 0 Å². The summed E-state index contributed by atoms with van der Waals surface area (Å²) >= 11 is 0. The number of nitrogens with one attached hydrogen (secondary N) is 6. The van der Waals surface area contributed by atoms with Crippen LogP contribution in [0.25, 0.3) is 10.4 Å². The largest absolute Gasteiger partial charge is 0.481 e. The number of benzene rings is 3. The quantitative estimate of drug-likeness (QED) is 0.00997. The van der Waals surface area contributed by atoms with Crippen LogP contribution in [0.5, 0.6) is 0 Å². The maximum Gasteiger partial charge on any atom is 0.326 e. The van der Waals surface area contributed by atoms with Crippen LogP contribution in [-0.4, -0.2) is 129 Å². The SMILES string of the molecule is [N-]=[N+]=NCCCNC(=O)[C@H](Cc1ccccc1)NC(=O)[C@H](Cc1ccccc1)NC(=O)CCC(=O)NCCCCCC(=O)N(CCCC[C@H](NC(=O)N[C@@H](CCC(=O)O)C(=O)O)C(=O)O)Cc1ccc([N+](=O)[O-])cc1. The molecule has 0 spiro atoms. The Balaban J connectivity index is 1.51. The fourth-order valence-electron chi connectivity index (χ4n) is 7.49. The molecule has 0 aromatic heterocycles. The van der Waals surface area contributed by atoms with Gasteiger partial charge in [0.2, 0.25) is 29.5 Å². The van der Waals surface area contributed by atoms with Crippen LogP contribution in [0, 0.1) is 10.1 Å². The molecule has 75 heavy (non-hydrogen) atoms. The molecular formula is C50H65N11O14. The van der Waals surface area contributed by atoms with E-state index in [-0.39, 0.29) is 95.7 Å². The van der Waals surface area contributed by atoms with Gasteiger partial charge in [-0.25, -0.2) is 14.4 Å². The number of carboxylic acid groups (broad SMARTS) is 3.